The Labute approximate surface area is 183 Å². The van der Waals surface area contributed by atoms with E-state index in [1.807, 2.05) is 18.2 Å². The zero-order valence-corrected chi connectivity index (χ0v) is 18.1. The van der Waals surface area contributed by atoms with Crippen LogP contribution in [0.1, 0.15) is 18.1 Å². The summed E-state index contributed by atoms with van der Waals surface area (Å²) in [5.41, 5.74) is 2.50. The molecule has 4 aromatic rings. The van der Waals surface area contributed by atoms with E-state index in [4.69, 9.17) is 0 Å². The van der Waals surface area contributed by atoms with Crippen molar-refractivity contribution in [2.75, 3.05) is 5.75 Å². The Morgan fingerprint density at radius 1 is 0.906 bits per heavy atom. The van der Waals surface area contributed by atoms with Gasteiger partial charge in [0.1, 0.15) is 0 Å². The predicted molar refractivity (Wildman–Crippen MR) is 118 cm³/mol. The van der Waals surface area contributed by atoms with Crippen LogP contribution in [0.5, 0.6) is 0 Å². The van der Waals surface area contributed by atoms with Gasteiger partial charge in [0.2, 0.25) is 0 Å². The molecule has 0 amide bonds. The van der Waals surface area contributed by atoms with Crippen LogP contribution in [0.25, 0.3) is 33.2 Å². The van der Waals surface area contributed by atoms with Gasteiger partial charge in [0.25, 0.3) is 0 Å². The maximum atomic E-state index is 13.5. The van der Waals surface area contributed by atoms with Gasteiger partial charge in [-0.15, -0.1) is 0 Å². The highest BCUT2D eigenvalue weighted by molar-refractivity contribution is 7.91. The third-order valence-electron chi connectivity index (χ3n) is 5.33. The molecular weight excluding hydrogens is 437 g/mol. The number of aryl methyl sites for hydroxylation is 1. The fraction of sp³-hybridized carbons (Fsp3) is 0.167. The van der Waals surface area contributed by atoms with Crippen molar-refractivity contribution in [3.8, 4) is 22.3 Å². The van der Waals surface area contributed by atoms with E-state index in [0.29, 0.717) is 27.6 Å². The molecule has 0 aliphatic rings. The standard InChI is InChI=1S/C24H19F3N2O2S/c1-3-32(30,31)19-11-18(13-28-14-19)16-6-4-7-17(10-16)22-15(2)12-29-23-20(22)8-5-9-21(23)24(25,26)27/h4-14H,3H2,1-2H3. The minimum atomic E-state index is -4.52. The third-order valence-corrected chi connectivity index (χ3v) is 7.03. The van der Waals surface area contributed by atoms with Gasteiger partial charge in [-0.05, 0) is 47.4 Å². The lowest BCUT2D eigenvalue weighted by Gasteiger charge is -2.15. The molecule has 8 heteroatoms. The largest absolute Gasteiger partial charge is 0.418 e. The molecule has 2 aromatic heterocycles. The van der Waals surface area contributed by atoms with Crippen molar-refractivity contribution < 1.29 is 21.6 Å². The number of fused-ring (bicyclic) bond motifs is 1. The van der Waals surface area contributed by atoms with Gasteiger partial charge in [-0.2, -0.15) is 13.2 Å². The van der Waals surface area contributed by atoms with Crippen LogP contribution in [0.2, 0.25) is 0 Å². The number of benzene rings is 2. The van der Waals surface area contributed by atoms with E-state index in [0.717, 1.165) is 11.6 Å². The van der Waals surface area contributed by atoms with Crippen LogP contribution in [0.4, 0.5) is 13.2 Å². The van der Waals surface area contributed by atoms with E-state index in [2.05, 4.69) is 9.97 Å². The van der Waals surface area contributed by atoms with Crippen molar-refractivity contribution in [3.63, 3.8) is 0 Å². The summed E-state index contributed by atoms with van der Waals surface area (Å²) in [5.74, 6) is -0.0398. The molecule has 4 nitrogen and oxygen atoms in total. The Kier molecular flexibility index (Phi) is 5.50. The summed E-state index contributed by atoms with van der Waals surface area (Å²) in [6.45, 7) is 3.36. The highest BCUT2D eigenvalue weighted by atomic mass is 32.2. The van der Waals surface area contributed by atoms with Crippen molar-refractivity contribution in [2.45, 2.75) is 24.9 Å². The molecule has 0 aliphatic heterocycles. The molecule has 0 spiro atoms. The molecule has 0 fully saturated rings. The first kappa shape index (κ1) is 22.0. The van der Waals surface area contributed by atoms with Gasteiger partial charge < -0.3 is 0 Å². The molecule has 2 heterocycles. The minimum Gasteiger partial charge on any atom is -0.263 e. The zero-order chi connectivity index (χ0) is 23.1. The normalized spacial score (nSPS) is 12.3. The van der Waals surface area contributed by atoms with E-state index in [-0.39, 0.29) is 16.2 Å². The van der Waals surface area contributed by atoms with Gasteiger partial charge in [0.05, 0.1) is 21.7 Å². The fourth-order valence-electron chi connectivity index (χ4n) is 3.70. The highest BCUT2D eigenvalue weighted by Crippen LogP contribution is 2.39. The summed E-state index contributed by atoms with van der Waals surface area (Å²) < 4.78 is 65.0. The second-order valence-electron chi connectivity index (χ2n) is 7.41. The van der Waals surface area contributed by atoms with Crippen LogP contribution < -0.4 is 0 Å². The molecule has 2 aromatic carbocycles. The molecule has 0 radical (unpaired) electrons. The number of rotatable bonds is 4. The smallest absolute Gasteiger partial charge is 0.263 e. The number of aromatic nitrogens is 2. The van der Waals surface area contributed by atoms with Gasteiger partial charge in [0.15, 0.2) is 9.84 Å². The minimum absolute atomic E-state index is 0.0398. The van der Waals surface area contributed by atoms with Crippen LogP contribution in [0, 0.1) is 6.92 Å². The molecule has 0 atom stereocenters. The lowest BCUT2D eigenvalue weighted by molar-refractivity contribution is -0.136. The summed E-state index contributed by atoms with van der Waals surface area (Å²) in [6.07, 6.45) is -0.203. The highest BCUT2D eigenvalue weighted by Gasteiger charge is 2.33. The average molecular weight is 456 g/mol. The topological polar surface area (TPSA) is 59.9 Å². The molecule has 164 valence electrons. The third kappa shape index (κ3) is 3.98. The van der Waals surface area contributed by atoms with Crippen LogP contribution in [-0.4, -0.2) is 24.1 Å². The number of alkyl halides is 3. The Bertz CT molecular complexity index is 1430. The number of hydrogen-bond donors (Lipinski definition) is 0. The van der Waals surface area contributed by atoms with Gasteiger partial charge in [-0.3, -0.25) is 9.97 Å². The van der Waals surface area contributed by atoms with Crippen LogP contribution in [-0.2, 0) is 16.0 Å². The van der Waals surface area contributed by atoms with Crippen molar-refractivity contribution >= 4 is 20.7 Å². The summed E-state index contributed by atoms with van der Waals surface area (Å²) >= 11 is 0. The first-order valence-corrected chi connectivity index (χ1v) is 11.5. The molecule has 0 saturated carbocycles. The molecule has 0 saturated heterocycles. The van der Waals surface area contributed by atoms with Gasteiger partial charge in [-0.1, -0.05) is 37.3 Å². The monoisotopic (exact) mass is 456 g/mol. The molecule has 0 aliphatic carbocycles. The van der Waals surface area contributed by atoms with Gasteiger partial charge in [-0.25, -0.2) is 8.42 Å². The van der Waals surface area contributed by atoms with Crippen LogP contribution >= 0.6 is 0 Å². The second-order valence-corrected chi connectivity index (χ2v) is 9.69. The van der Waals surface area contributed by atoms with Crippen molar-refractivity contribution in [1.82, 2.24) is 9.97 Å². The Balaban J connectivity index is 1.90. The van der Waals surface area contributed by atoms with Crippen LogP contribution in [0.15, 0.2) is 72.0 Å². The number of hydrogen-bond acceptors (Lipinski definition) is 4. The summed E-state index contributed by atoms with van der Waals surface area (Å²) in [5, 5.41) is 0.400. The molecule has 0 unspecified atom stereocenters. The van der Waals surface area contributed by atoms with Crippen molar-refractivity contribution in [3.05, 3.63) is 78.2 Å². The molecule has 0 bridgehead atoms. The van der Waals surface area contributed by atoms with E-state index in [1.165, 1.54) is 18.5 Å². The maximum absolute atomic E-state index is 13.5. The van der Waals surface area contributed by atoms with E-state index in [1.54, 1.807) is 38.2 Å². The fourth-order valence-corrected chi connectivity index (χ4v) is 4.56. The molecule has 0 N–H and O–H groups in total. The Morgan fingerprint density at radius 2 is 1.62 bits per heavy atom. The molecular formula is C24H19F3N2O2S. The number of pyridine rings is 2. The van der Waals surface area contributed by atoms with E-state index in [9.17, 15) is 21.6 Å². The first-order chi connectivity index (χ1) is 15.1. The average Bonchev–Trinajstić information content (AvgIpc) is 2.78. The lowest BCUT2D eigenvalue weighted by atomic mass is 9.93. The molecule has 4 rings (SSSR count). The lowest BCUT2D eigenvalue weighted by Crippen LogP contribution is -2.07. The van der Waals surface area contributed by atoms with E-state index >= 15 is 0 Å². The van der Waals surface area contributed by atoms with E-state index < -0.39 is 21.6 Å². The van der Waals surface area contributed by atoms with Gasteiger partial charge in [0, 0.05) is 29.5 Å². The predicted octanol–water partition coefficient (Wildman–Crippen LogP) is 6.08. The van der Waals surface area contributed by atoms with Gasteiger partial charge >= 0.3 is 6.18 Å². The SMILES string of the molecule is CCS(=O)(=O)c1cncc(-c2cccc(-c3c(C)cnc4c(C(F)(F)F)cccc34)c2)c1. The summed E-state index contributed by atoms with van der Waals surface area (Å²) in [7, 11) is -3.42. The number of sulfone groups is 1. The number of halogens is 3. The number of para-hydroxylation sites is 1. The Hall–Kier alpha value is -3.26. The Morgan fingerprint density at radius 3 is 2.34 bits per heavy atom. The first-order valence-electron chi connectivity index (χ1n) is 9.86. The number of nitrogens with zero attached hydrogens (tertiary/aromatic N) is 2. The maximum Gasteiger partial charge on any atom is 0.418 e. The van der Waals surface area contributed by atoms with Crippen LogP contribution in [0.3, 0.4) is 0 Å². The van der Waals surface area contributed by atoms with Crippen molar-refractivity contribution in [1.29, 1.82) is 0 Å². The second kappa shape index (κ2) is 8.02. The summed E-state index contributed by atoms with van der Waals surface area (Å²) in [4.78, 5) is 8.26. The summed E-state index contributed by atoms with van der Waals surface area (Å²) in [6, 6.07) is 12.8. The zero-order valence-electron chi connectivity index (χ0n) is 17.3. The quantitative estimate of drug-likeness (QED) is 0.373. The molecule has 32 heavy (non-hydrogen) atoms. The van der Waals surface area contributed by atoms with Crippen molar-refractivity contribution in [2.24, 2.45) is 0 Å².